The van der Waals surface area contributed by atoms with Crippen molar-refractivity contribution in [2.24, 2.45) is 5.92 Å². The fraction of sp³-hybridized carbons (Fsp3) is 0.632. The summed E-state index contributed by atoms with van der Waals surface area (Å²) in [5.41, 5.74) is 0.572. The Kier molecular flexibility index (Phi) is 6.46. The lowest BCUT2D eigenvalue weighted by Crippen LogP contribution is -2.27. The summed E-state index contributed by atoms with van der Waals surface area (Å²) in [5, 5.41) is 6.01. The molecule has 0 aromatic heterocycles. The van der Waals surface area contributed by atoms with Crippen LogP contribution in [0.25, 0.3) is 0 Å². The Morgan fingerprint density at radius 1 is 1.17 bits per heavy atom. The number of hydrogen-bond acceptors (Lipinski definition) is 3. The Balaban J connectivity index is 2.00. The normalized spacial score (nSPS) is 16.3. The van der Waals surface area contributed by atoms with Crippen LogP contribution in [0.3, 0.4) is 0 Å². The number of anilines is 2. The molecule has 1 aromatic carbocycles. The van der Waals surface area contributed by atoms with Crippen LogP contribution < -0.4 is 10.6 Å². The standard InChI is InChI=1S/C19H29FN2O2/c1-19(2,3)24-18(23)22-16-11-10-15(20)12-17(16)21-13-14-8-6-4-5-7-9-14/h10-12,14,21H,4-9,13H2,1-3H3,(H,22,23). The van der Waals surface area contributed by atoms with Gasteiger partial charge in [-0.15, -0.1) is 0 Å². The van der Waals surface area contributed by atoms with E-state index >= 15 is 0 Å². The smallest absolute Gasteiger partial charge is 0.412 e. The van der Waals surface area contributed by atoms with Crippen LogP contribution in [0.2, 0.25) is 0 Å². The quantitative estimate of drug-likeness (QED) is 0.708. The lowest BCUT2D eigenvalue weighted by Gasteiger charge is -2.21. The summed E-state index contributed by atoms with van der Waals surface area (Å²) in [6.45, 7) is 6.22. The van der Waals surface area contributed by atoms with E-state index in [1.807, 2.05) is 20.8 Å². The number of halogens is 1. The number of carbonyl (C=O) groups excluding carboxylic acids is 1. The molecule has 5 heteroatoms. The highest BCUT2D eigenvalue weighted by molar-refractivity contribution is 5.89. The maximum atomic E-state index is 13.6. The number of amides is 1. The van der Waals surface area contributed by atoms with Gasteiger partial charge in [-0.1, -0.05) is 25.7 Å². The molecule has 134 valence electrons. The van der Waals surface area contributed by atoms with E-state index in [-0.39, 0.29) is 5.82 Å². The second-order valence-corrected chi connectivity index (χ2v) is 7.56. The van der Waals surface area contributed by atoms with Crippen molar-refractivity contribution >= 4 is 17.5 Å². The Morgan fingerprint density at radius 2 is 1.83 bits per heavy atom. The number of ether oxygens (including phenoxy) is 1. The molecule has 0 spiro atoms. The maximum absolute atomic E-state index is 13.6. The molecule has 0 bridgehead atoms. The first kappa shape index (κ1) is 18.6. The van der Waals surface area contributed by atoms with Crippen LogP contribution in [-0.2, 0) is 4.74 Å². The number of carbonyl (C=O) groups is 1. The number of benzene rings is 1. The van der Waals surface area contributed by atoms with Gasteiger partial charge in [0.15, 0.2) is 0 Å². The van der Waals surface area contributed by atoms with E-state index in [9.17, 15) is 9.18 Å². The van der Waals surface area contributed by atoms with Gasteiger partial charge in [0.1, 0.15) is 11.4 Å². The largest absolute Gasteiger partial charge is 0.444 e. The van der Waals surface area contributed by atoms with Crippen LogP contribution in [-0.4, -0.2) is 18.2 Å². The lowest BCUT2D eigenvalue weighted by atomic mass is 10.0. The molecule has 0 atom stereocenters. The van der Waals surface area contributed by atoms with Crippen molar-refractivity contribution in [2.45, 2.75) is 64.9 Å². The molecule has 0 heterocycles. The van der Waals surface area contributed by atoms with E-state index in [1.54, 1.807) is 6.07 Å². The molecular formula is C19H29FN2O2. The first-order valence-corrected chi connectivity index (χ1v) is 8.87. The third-order valence-corrected chi connectivity index (χ3v) is 4.17. The number of rotatable bonds is 4. The van der Waals surface area contributed by atoms with Crippen molar-refractivity contribution in [3.05, 3.63) is 24.0 Å². The van der Waals surface area contributed by atoms with Gasteiger partial charge in [0.05, 0.1) is 11.4 Å². The third-order valence-electron chi connectivity index (χ3n) is 4.17. The maximum Gasteiger partial charge on any atom is 0.412 e. The minimum absolute atomic E-state index is 0.326. The molecule has 24 heavy (non-hydrogen) atoms. The van der Waals surface area contributed by atoms with E-state index in [0.717, 1.165) is 6.54 Å². The summed E-state index contributed by atoms with van der Waals surface area (Å²) in [4.78, 5) is 12.0. The van der Waals surface area contributed by atoms with E-state index in [1.165, 1.54) is 50.7 Å². The summed E-state index contributed by atoms with van der Waals surface area (Å²) in [6, 6.07) is 4.32. The van der Waals surface area contributed by atoms with E-state index in [4.69, 9.17) is 4.74 Å². The van der Waals surface area contributed by atoms with Crippen LogP contribution in [0.15, 0.2) is 18.2 Å². The van der Waals surface area contributed by atoms with Gasteiger partial charge >= 0.3 is 6.09 Å². The molecule has 1 amide bonds. The molecule has 0 saturated heterocycles. The molecule has 4 nitrogen and oxygen atoms in total. The average molecular weight is 336 g/mol. The van der Waals surface area contributed by atoms with Crippen LogP contribution in [0.1, 0.15) is 59.3 Å². The monoisotopic (exact) mass is 336 g/mol. The zero-order chi connectivity index (χ0) is 17.6. The van der Waals surface area contributed by atoms with Crippen molar-refractivity contribution in [1.29, 1.82) is 0 Å². The van der Waals surface area contributed by atoms with Gasteiger partial charge in [-0.2, -0.15) is 0 Å². The Hall–Kier alpha value is -1.78. The molecule has 0 radical (unpaired) electrons. The summed E-state index contributed by atoms with van der Waals surface area (Å²) >= 11 is 0. The fourth-order valence-corrected chi connectivity index (χ4v) is 3.01. The van der Waals surface area contributed by atoms with Gasteiger partial charge in [0, 0.05) is 6.54 Å². The predicted molar refractivity (Wildman–Crippen MR) is 95.9 cm³/mol. The first-order chi connectivity index (χ1) is 11.3. The van der Waals surface area contributed by atoms with Crippen LogP contribution in [0, 0.1) is 11.7 Å². The number of hydrogen-bond donors (Lipinski definition) is 2. The van der Waals surface area contributed by atoms with Gasteiger partial charge in [0.2, 0.25) is 0 Å². The first-order valence-electron chi connectivity index (χ1n) is 8.87. The third kappa shape index (κ3) is 6.38. The van der Waals surface area contributed by atoms with E-state index < -0.39 is 11.7 Å². The predicted octanol–water partition coefficient (Wildman–Crippen LogP) is 5.56. The Morgan fingerprint density at radius 3 is 2.46 bits per heavy atom. The zero-order valence-electron chi connectivity index (χ0n) is 15.0. The summed E-state index contributed by atoms with van der Waals surface area (Å²) in [7, 11) is 0. The van der Waals surface area contributed by atoms with Crippen LogP contribution in [0.5, 0.6) is 0 Å². The molecule has 1 aromatic rings. The van der Waals surface area contributed by atoms with Gasteiger partial charge in [0.25, 0.3) is 0 Å². The average Bonchev–Trinajstić information content (AvgIpc) is 2.74. The Bertz CT molecular complexity index is 547. The minimum atomic E-state index is -0.571. The van der Waals surface area contributed by atoms with Crippen LogP contribution >= 0.6 is 0 Å². The molecular weight excluding hydrogens is 307 g/mol. The van der Waals surface area contributed by atoms with Crippen molar-refractivity contribution < 1.29 is 13.9 Å². The van der Waals surface area contributed by atoms with Gasteiger partial charge in [-0.25, -0.2) is 9.18 Å². The fourth-order valence-electron chi connectivity index (χ4n) is 3.01. The molecule has 0 aliphatic heterocycles. The van der Waals surface area contributed by atoms with Crippen molar-refractivity contribution in [2.75, 3.05) is 17.2 Å². The molecule has 2 rings (SSSR count). The highest BCUT2D eigenvalue weighted by atomic mass is 19.1. The second kappa shape index (κ2) is 8.36. The molecule has 1 aliphatic rings. The number of nitrogens with one attached hydrogen (secondary N) is 2. The zero-order valence-corrected chi connectivity index (χ0v) is 15.0. The van der Waals surface area contributed by atoms with Gasteiger partial charge in [-0.05, 0) is 57.7 Å². The van der Waals surface area contributed by atoms with Gasteiger partial charge < -0.3 is 10.1 Å². The van der Waals surface area contributed by atoms with E-state index in [0.29, 0.717) is 17.3 Å². The highest BCUT2D eigenvalue weighted by Crippen LogP contribution is 2.27. The molecule has 1 saturated carbocycles. The highest BCUT2D eigenvalue weighted by Gasteiger charge is 2.18. The molecule has 0 unspecified atom stereocenters. The summed E-state index contributed by atoms with van der Waals surface area (Å²) < 4.78 is 18.9. The molecule has 1 aliphatic carbocycles. The SMILES string of the molecule is CC(C)(C)OC(=O)Nc1ccc(F)cc1NCC1CCCCCC1. The lowest BCUT2D eigenvalue weighted by molar-refractivity contribution is 0.0636. The summed E-state index contributed by atoms with van der Waals surface area (Å²) in [5.74, 6) is 0.276. The molecule has 1 fully saturated rings. The van der Waals surface area contributed by atoms with Crippen molar-refractivity contribution in [3.63, 3.8) is 0 Å². The summed E-state index contributed by atoms with van der Waals surface area (Å²) in [6.07, 6.45) is 7.02. The second-order valence-electron chi connectivity index (χ2n) is 7.56. The van der Waals surface area contributed by atoms with E-state index in [2.05, 4.69) is 10.6 Å². The van der Waals surface area contributed by atoms with Crippen LogP contribution in [0.4, 0.5) is 20.6 Å². The Labute approximate surface area is 144 Å². The molecule has 2 N–H and O–H groups in total. The van der Waals surface area contributed by atoms with Crippen molar-refractivity contribution in [1.82, 2.24) is 0 Å². The topological polar surface area (TPSA) is 50.4 Å². The van der Waals surface area contributed by atoms with Crippen molar-refractivity contribution in [3.8, 4) is 0 Å². The minimum Gasteiger partial charge on any atom is -0.444 e. The van der Waals surface area contributed by atoms with Gasteiger partial charge in [-0.3, -0.25) is 5.32 Å².